The summed E-state index contributed by atoms with van der Waals surface area (Å²) in [4.78, 5) is 0. The lowest BCUT2D eigenvalue weighted by Crippen LogP contribution is -1.80. The van der Waals surface area contributed by atoms with Crippen LogP contribution in [0.1, 0.15) is 5.56 Å². The van der Waals surface area contributed by atoms with E-state index < -0.39 is 0 Å². The largest absolute Gasteiger partial charge is 0.392 e. The van der Waals surface area contributed by atoms with E-state index in [-0.39, 0.29) is 6.61 Å². The molecule has 3 aromatic carbocycles. The molecule has 4 aromatic rings. The summed E-state index contributed by atoms with van der Waals surface area (Å²) in [5.74, 6) is 0. The topological polar surface area (TPSA) is 20.2 Å². The number of aliphatic hydroxyl groups excluding tert-OH is 1. The molecule has 0 saturated carbocycles. The summed E-state index contributed by atoms with van der Waals surface area (Å²) in [6.07, 6.45) is 0. The maximum absolute atomic E-state index is 9.46. The lowest BCUT2D eigenvalue weighted by Gasteiger charge is -1.99. The van der Waals surface area contributed by atoms with Gasteiger partial charge in [-0.1, -0.05) is 42.5 Å². The second kappa shape index (κ2) is 4.05. The van der Waals surface area contributed by atoms with Crippen molar-refractivity contribution in [2.45, 2.75) is 6.61 Å². The Bertz CT molecular complexity index is 905. The van der Waals surface area contributed by atoms with E-state index >= 15 is 0 Å². The molecule has 0 aliphatic rings. The first-order valence-corrected chi connectivity index (χ1v) is 7.12. The molecule has 19 heavy (non-hydrogen) atoms. The number of hydrogen-bond acceptors (Lipinski definition) is 2. The van der Waals surface area contributed by atoms with Crippen molar-refractivity contribution in [2.24, 2.45) is 0 Å². The van der Waals surface area contributed by atoms with E-state index in [1.165, 1.54) is 30.9 Å². The molecule has 92 valence electrons. The predicted octanol–water partition coefficient (Wildman–Crippen LogP) is 4.70. The van der Waals surface area contributed by atoms with Crippen molar-refractivity contribution < 1.29 is 5.11 Å². The molecule has 0 fully saturated rings. The summed E-state index contributed by atoms with van der Waals surface area (Å²) >= 11 is 1.77. The molecule has 1 N–H and O–H groups in total. The Morgan fingerprint density at radius 3 is 2.42 bits per heavy atom. The van der Waals surface area contributed by atoms with Gasteiger partial charge in [-0.25, -0.2) is 0 Å². The standard InChI is InChI=1S/C17H12OS/c18-10-13-6-3-7-14-15-8-11-4-1-2-5-12(11)9-16(15)19-17(13)14/h1-9,18H,10H2. The summed E-state index contributed by atoms with van der Waals surface area (Å²) in [5.41, 5.74) is 1.02. The fourth-order valence-electron chi connectivity index (χ4n) is 2.67. The highest BCUT2D eigenvalue weighted by Gasteiger charge is 2.09. The third kappa shape index (κ3) is 1.57. The Hall–Kier alpha value is -1.90. The molecule has 0 spiro atoms. The number of aliphatic hydroxyl groups is 1. The van der Waals surface area contributed by atoms with Gasteiger partial charge in [0.1, 0.15) is 0 Å². The van der Waals surface area contributed by atoms with Gasteiger partial charge in [0.05, 0.1) is 6.61 Å². The van der Waals surface area contributed by atoms with Crippen LogP contribution in [0.4, 0.5) is 0 Å². The van der Waals surface area contributed by atoms with Gasteiger partial charge in [-0.3, -0.25) is 0 Å². The van der Waals surface area contributed by atoms with E-state index in [0.29, 0.717) is 0 Å². The number of thiophene rings is 1. The van der Waals surface area contributed by atoms with Gasteiger partial charge < -0.3 is 5.11 Å². The van der Waals surface area contributed by atoms with Crippen molar-refractivity contribution in [2.75, 3.05) is 0 Å². The molecular formula is C17H12OS. The maximum atomic E-state index is 9.46. The highest BCUT2D eigenvalue weighted by atomic mass is 32.1. The van der Waals surface area contributed by atoms with Crippen molar-refractivity contribution in [1.82, 2.24) is 0 Å². The highest BCUT2D eigenvalue weighted by molar-refractivity contribution is 7.26. The van der Waals surface area contributed by atoms with Crippen LogP contribution in [0.2, 0.25) is 0 Å². The number of hydrogen-bond donors (Lipinski definition) is 1. The first kappa shape index (κ1) is 11.0. The van der Waals surface area contributed by atoms with Gasteiger partial charge in [0, 0.05) is 20.2 Å². The van der Waals surface area contributed by atoms with Crippen LogP contribution in [-0.4, -0.2) is 5.11 Å². The van der Waals surface area contributed by atoms with Gasteiger partial charge >= 0.3 is 0 Å². The molecule has 1 nitrogen and oxygen atoms in total. The normalized spacial score (nSPS) is 11.6. The first-order chi connectivity index (χ1) is 9.36. The highest BCUT2D eigenvalue weighted by Crippen LogP contribution is 2.37. The molecule has 0 amide bonds. The number of fused-ring (bicyclic) bond motifs is 4. The van der Waals surface area contributed by atoms with Crippen molar-refractivity contribution in [3.8, 4) is 0 Å². The van der Waals surface area contributed by atoms with Crippen molar-refractivity contribution in [3.05, 3.63) is 60.2 Å². The quantitative estimate of drug-likeness (QED) is 0.528. The van der Waals surface area contributed by atoms with Crippen LogP contribution in [0.5, 0.6) is 0 Å². The predicted molar refractivity (Wildman–Crippen MR) is 82.8 cm³/mol. The van der Waals surface area contributed by atoms with Crippen LogP contribution in [0, 0.1) is 0 Å². The zero-order chi connectivity index (χ0) is 12.8. The zero-order valence-corrected chi connectivity index (χ0v) is 11.1. The molecule has 0 radical (unpaired) electrons. The molecule has 2 heteroatoms. The summed E-state index contributed by atoms with van der Waals surface area (Å²) in [6.45, 7) is 0.101. The summed E-state index contributed by atoms with van der Waals surface area (Å²) in [7, 11) is 0. The van der Waals surface area contributed by atoms with Gasteiger partial charge in [0.25, 0.3) is 0 Å². The molecule has 0 aliphatic carbocycles. The molecule has 0 unspecified atom stereocenters. The van der Waals surface area contributed by atoms with Crippen molar-refractivity contribution >= 4 is 42.3 Å². The van der Waals surface area contributed by atoms with E-state index in [9.17, 15) is 5.11 Å². The number of benzene rings is 3. The lowest BCUT2D eigenvalue weighted by molar-refractivity contribution is 0.283. The van der Waals surface area contributed by atoms with Crippen LogP contribution in [0.15, 0.2) is 54.6 Å². The van der Waals surface area contributed by atoms with Gasteiger partial charge in [0.15, 0.2) is 0 Å². The fraction of sp³-hybridized carbons (Fsp3) is 0.0588. The third-order valence-corrected chi connectivity index (χ3v) is 4.86. The van der Waals surface area contributed by atoms with Gasteiger partial charge in [-0.2, -0.15) is 0 Å². The van der Waals surface area contributed by atoms with E-state index in [1.807, 2.05) is 12.1 Å². The summed E-state index contributed by atoms with van der Waals surface area (Å²) < 4.78 is 2.49. The van der Waals surface area contributed by atoms with Gasteiger partial charge in [-0.15, -0.1) is 11.3 Å². The minimum atomic E-state index is 0.101. The van der Waals surface area contributed by atoms with E-state index in [2.05, 4.69) is 42.5 Å². The minimum absolute atomic E-state index is 0.101. The number of rotatable bonds is 1. The summed E-state index contributed by atoms with van der Waals surface area (Å²) in [5, 5.41) is 14.5. The van der Waals surface area contributed by atoms with Crippen molar-refractivity contribution in [3.63, 3.8) is 0 Å². The summed E-state index contributed by atoms with van der Waals surface area (Å²) in [6, 6.07) is 19.1. The van der Waals surface area contributed by atoms with Gasteiger partial charge in [-0.05, 0) is 28.5 Å². The molecule has 1 heterocycles. The molecule has 1 aromatic heterocycles. The lowest BCUT2D eigenvalue weighted by atomic mass is 10.1. The Kier molecular flexibility index (Phi) is 2.34. The Morgan fingerprint density at radius 1 is 0.842 bits per heavy atom. The Morgan fingerprint density at radius 2 is 1.63 bits per heavy atom. The monoisotopic (exact) mass is 264 g/mol. The van der Waals surface area contributed by atoms with Crippen molar-refractivity contribution in [1.29, 1.82) is 0 Å². The smallest absolute Gasteiger partial charge is 0.0695 e. The average molecular weight is 264 g/mol. The molecule has 0 aliphatic heterocycles. The Labute approximate surface area is 114 Å². The zero-order valence-electron chi connectivity index (χ0n) is 10.3. The maximum Gasteiger partial charge on any atom is 0.0695 e. The minimum Gasteiger partial charge on any atom is -0.392 e. The van der Waals surface area contributed by atoms with Crippen LogP contribution in [0.3, 0.4) is 0 Å². The average Bonchev–Trinajstić information content (AvgIpc) is 2.82. The van der Waals surface area contributed by atoms with Gasteiger partial charge in [0.2, 0.25) is 0 Å². The molecule has 0 saturated heterocycles. The molecule has 4 rings (SSSR count). The SMILES string of the molecule is OCc1cccc2c1sc1cc3ccccc3cc12. The van der Waals surface area contributed by atoms with E-state index in [1.54, 1.807) is 11.3 Å². The molecule has 0 bridgehead atoms. The third-order valence-electron chi connectivity index (χ3n) is 3.62. The second-order valence-corrected chi connectivity index (χ2v) is 5.80. The molecule has 0 atom stereocenters. The second-order valence-electron chi connectivity index (χ2n) is 4.75. The van der Waals surface area contributed by atoms with Crippen LogP contribution >= 0.6 is 11.3 Å². The molecular weight excluding hydrogens is 252 g/mol. The van der Waals surface area contributed by atoms with Crippen LogP contribution < -0.4 is 0 Å². The van der Waals surface area contributed by atoms with E-state index in [4.69, 9.17) is 0 Å². The van der Waals surface area contributed by atoms with E-state index in [0.717, 1.165) is 5.56 Å². The fourth-order valence-corrected chi connectivity index (χ4v) is 3.90. The van der Waals surface area contributed by atoms with Crippen LogP contribution in [0.25, 0.3) is 30.9 Å². The first-order valence-electron chi connectivity index (χ1n) is 6.30. The van der Waals surface area contributed by atoms with Crippen LogP contribution in [-0.2, 0) is 6.61 Å². The Balaban J connectivity index is 2.22.